The van der Waals surface area contributed by atoms with E-state index < -0.39 is 0 Å². The third-order valence-corrected chi connectivity index (χ3v) is 5.22. The highest BCUT2D eigenvalue weighted by Gasteiger charge is 2.14. The minimum absolute atomic E-state index is 0.0560. The van der Waals surface area contributed by atoms with Gasteiger partial charge in [0.05, 0.1) is 17.2 Å². The highest BCUT2D eigenvalue weighted by molar-refractivity contribution is 9.10. The van der Waals surface area contributed by atoms with Crippen molar-refractivity contribution in [3.63, 3.8) is 0 Å². The van der Waals surface area contributed by atoms with E-state index in [1.165, 1.54) is 23.7 Å². The summed E-state index contributed by atoms with van der Waals surface area (Å²) in [6.45, 7) is 4.27. The summed E-state index contributed by atoms with van der Waals surface area (Å²) in [5, 5.41) is 0.562. The second-order valence-electron chi connectivity index (χ2n) is 6.52. The molecule has 0 aliphatic carbocycles. The molecule has 6 nitrogen and oxygen atoms in total. The van der Waals surface area contributed by atoms with Crippen LogP contribution >= 0.6 is 15.9 Å². The number of nitrogens with zero attached hydrogens (tertiary/aromatic N) is 4. The van der Waals surface area contributed by atoms with Gasteiger partial charge in [-0.1, -0.05) is 15.9 Å². The molecule has 1 aromatic carbocycles. The molecule has 2 heterocycles. The van der Waals surface area contributed by atoms with Gasteiger partial charge >= 0.3 is 0 Å². The van der Waals surface area contributed by atoms with Crippen molar-refractivity contribution in [3.05, 3.63) is 39.4 Å². The van der Waals surface area contributed by atoms with Crippen LogP contribution in [0.5, 0.6) is 0 Å². The summed E-state index contributed by atoms with van der Waals surface area (Å²) in [5.41, 5.74) is 0.553. The Kier molecular flexibility index (Phi) is 5.86. The van der Waals surface area contributed by atoms with Crippen LogP contribution in [0.1, 0.15) is 19.3 Å². The number of carbonyl (C=O) groups excluding carboxylic acids is 1. The maximum atomic E-state index is 12.5. The molecule has 0 spiro atoms. The Bertz CT molecular complexity index is 814. The third kappa shape index (κ3) is 4.46. The number of amides is 1. The van der Waals surface area contributed by atoms with Crippen LogP contribution in [0.4, 0.5) is 0 Å². The topological polar surface area (TPSA) is 58.4 Å². The van der Waals surface area contributed by atoms with Crippen molar-refractivity contribution in [1.82, 2.24) is 19.4 Å². The molecule has 1 fully saturated rings. The summed E-state index contributed by atoms with van der Waals surface area (Å²) in [6.07, 6.45) is 4.34. The first-order valence-corrected chi connectivity index (χ1v) is 9.45. The van der Waals surface area contributed by atoms with E-state index in [-0.39, 0.29) is 11.5 Å². The lowest BCUT2D eigenvalue weighted by atomic mass is 10.2. The molecule has 25 heavy (non-hydrogen) atoms. The predicted octanol–water partition coefficient (Wildman–Crippen LogP) is 2.10. The van der Waals surface area contributed by atoms with Gasteiger partial charge in [0.25, 0.3) is 5.56 Å². The lowest BCUT2D eigenvalue weighted by molar-refractivity contribution is -0.130. The summed E-state index contributed by atoms with van der Waals surface area (Å²) in [4.78, 5) is 33.3. The number of fused-ring (bicyclic) bond motifs is 1. The lowest BCUT2D eigenvalue weighted by Gasteiger charge is -2.21. The van der Waals surface area contributed by atoms with E-state index >= 15 is 0 Å². The zero-order valence-electron chi connectivity index (χ0n) is 14.4. The average molecular weight is 407 g/mol. The van der Waals surface area contributed by atoms with E-state index in [0.717, 1.165) is 30.7 Å². The van der Waals surface area contributed by atoms with Crippen molar-refractivity contribution in [2.24, 2.45) is 0 Å². The number of likely N-dealkylation sites (N-methyl/N-ethyl adjacent to an activating group) is 1. The number of hydrogen-bond acceptors (Lipinski definition) is 4. The molecule has 2 aromatic rings. The Balaban J connectivity index is 1.58. The Morgan fingerprint density at radius 3 is 2.80 bits per heavy atom. The smallest absolute Gasteiger partial charge is 0.261 e. The van der Waals surface area contributed by atoms with Crippen LogP contribution in [0.15, 0.2) is 33.8 Å². The molecule has 1 saturated heterocycles. The first-order valence-electron chi connectivity index (χ1n) is 8.65. The molecule has 7 heteroatoms. The van der Waals surface area contributed by atoms with E-state index in [0.29, 0.717) is 23.9 Å². The molecule has 1 aromatic heterocycles. The largest absolute Gasteiger partial charge is 0.344 e. The van der Waals surface area contributed by atoms with Gasteiger partial charge in [-0.15, -0.1) is 0 Å². The van der Waals surface area contributed by atoms with Crippen LogP contribution in [0.3, 0.4) is 0 Å². The number of halogens is 1. The quantitative estimate of drug-likeness (QED) is 0.736. The van der Waals surface area contributed by atoms with Gasteiger partial charge in [-0.3, -0.25) is 14.2 Å². The van der Waals surface area contributed by atoms with Crippen molar-refractivity contribution in [2.75, 3.05) is 33.2 Å². The van der Waals surface area contributed by atoms with Crippen molar-refractivity contribution < 1.29 is 4.79 Å². The monoisotopic (exact) mass is 406 g/mol. The number of carbonyl (C=O) groups is 1. The van der Waals surface area contributed by atoms with Gasteiger partial charge in [0.2, 0.25) is 5.91 Å². The maximum absolute atomic E-state index is 12.5. The van der Waals surface area contributed by atoms with Gasteiger partial charge in [0.1, 0.15) is 0 Å². The summed E-state index contributed by atoms with van der Waals surface area (Å²) in [7, 11) is 1.83. The van der Waals surface area contributed by atoms with Crippen molar-refractivity contribution in [2.45, 2.75) is 25.8 Å². The van der Waals surface area contributed by atoms with Crippen LogP contribution in [0.25, 0.3) is 10.9 Å². The molecule has 0 saturated carbocycles. The van der Waals surface area contributed by atoms with Gasteiger partial charge in [0.15, 0.2) is 0 Å². The van der Waals surface area contributed by atoms with Crippen LogP contribution < -0.4 is 5.56 Å². The fourth-order valence-corrected chi connectivity index (χ4v) is 3.48. The van der Waals surface area contributed by atoms with Gasteiger partial charge in [-0.25, -0.2) is 4.98 Å². The van der Waals surface area contributed by atoms with Gasteiger partial charge in [-0.05, 0) is 44.1 Å². The summed E-state index contributed by atoms with van der Waals surface area (Å²) < 4.78 is 2.36. The third-order valence-electron chi connectivity index (χ3n) is 4.73. The van der Waals surface area contributed by atoms with E-state index in [4.69, 9.17) is 0 Å². The maximum Gasteiger partial charge on any atom is 0.261 e. The number of hydrogen-bond donors (Lipinski definition) is 0. The zero-order chi connectivity index (χ0) is 17.8. The lowest BCUT2D eigenvalue weighted by Crippen LogP contribution is -2.36. The minimum atomic E-state index is -0.112. The SMILES string of the molecule is CN(CCN1CCCC1)C(=O)CCn1cnc2ccc(Br)cc2c1=O. The molecular formula is C18H23BrN4O2. The van der Waals surface area contributed by atoms with Crippen LogP contribution in [0, 0.1) is 0 Å². The number of likely N-dealkylation sites (tertiary alicyclic amines) is 1. The van der Waals surface area contributed by atoms with E-state index in [9.17, 15) is 9.59 Å². The number of aromatic nitrogens is 2. The summed E-state index contributed by atoms with van der Waals surface area (Å²) in [6, 6.07) is 5.44. The average Bonchev–Trinajstić information content (AvgIpc) is 3.13. The Labute approximate surface area is 155 Å². The van der Waals surface area contributed by atoms with Crippen LogP contribution in [-0.4, -0.2) is 58.5 Å². The first kappa shape index (κ1) is 18.1. The van der Waals surface area contributed by atoms with Gasteiger partial charge in [-0.2, -0.15) is 0 Å². The molecular weight excluding hydrogens is 384 g/mol. The number of aryl methyl sites for hydroxylation is 1. The molecule has 1 amide bonds. The van der Waals surface area contributed by atoms with Crippen molar-refractivity contribution >= 4 is 32.7 Å². The highest BCUT2D eigenvalue weighted by atomic mass is 79.9. The summed E-state index contributed by atoms with van der Waals surface area (Å²) in [5.74, 6) is 0.0560. The first-order chi connectivity index (χ1) is 12.0. The van der Waals surface area contributed by atoms with Gasteiger partial charge in [0, 0.05) is 37.6 Å². The van der Waals surface area contributed by atoms with E-state index in [1.807, 2.05) is 19.2 Å². The predicted molar refractivity (Wildman–Crippen MR) is 102 cm³/mol. The van der Waals surface area contributed by atoms with E-state index in [2.05, 4.69) is 25.8 Å². The molecule has 0 atom stereocenters. The van der Waals surface area contributed by atoms with Crippen molar-refractivity contribution in [1.29, 1.82) is 0 Å². The zero-order valence-corrected chi connectivity index (χ0v) is 16.0. The normalized spacial score (nSPS) is 15.0. The van der Waals surface area contributed by atoms with Crippen molar-refractivity contribution in [3.8, 4) is 0 Å². The highest BCUT2D eigenvalue weighted by Crippen LogP contribution is 2.15. The Morgan fingerprint density at radius 2 is 2.04 bits per heavy atom. The molecule has 0 radical (unpaired) electrons. The van der Waals surface area contributed by atoms with Crippen LogP contribution in [-0.2, 0) is 11.3 Å². The Hall–Kier alpha value is -1.73. The Morgan fingerprint density at radius 1 is 1.28 bits per heavy atom. The fraction of sp³-hybridized carbons (Fsp3) is 0.500. The second kappa shape index (κ2) is 8.10. The second-order valence-corrected chi connectivity index (χ2v) is 7.43. The molecule has 1 aliphatic heterocycles. The molecule has 134 valence electrons. The van der Waals surface area contributed by atoms with Crippen LogP contribution in [0.2, 0.25) is 0 Å². The molecule has 0 unspecified atom stereocenters. The van der Waals surface area contributed by atoms with E-state index in [1.54, 1.807) is 11.0 Å². The molecule has 3 rings (SSSR count). The molecule has 0 bridgehead atoms. The number of rotatable bonds is 6. The summed E-state index contributed by atoms with van der Waals surface area (Å²) >= 11 is 3.38. The minimum Gasteiger partial charge on any atom is -0.344 e. The number of benzene rings is 1. The standard InChI is InChI=1S/C18H23BrN4O2/c1-21(10-11-22-7-2-3-8-22)17(24)6-9-23-13-20-16-5-4-14(19)12-15(16)18(23)25/h4-5,12-13H,2-3,6-11H2,1H3. The molecule has 1 aliphatic rings. The van der Waals surface area contributed by atoms with Gasteiger partial charge < -0.3 is 9.80 Å². The fourth-order valence-electron chi connectivity index (χ4n) is 3.12. The molecule has 0 N–H and O–H groups in total.